The molecule has 0 radical (unpaired) electrons. The van der Waals surface area contributed by atoms with Crippen molar-refractivity contribution in [3.8, 4) is 0 Å². The quantitative estimate of drug-likeness (QED) is 0.184. The van der Waals surface area contributed by atoms with Crippen LogP contribution >= 0.6 is 7.26 Å². The average molecular weight is 442 g/mol. The molecule has 0 N–H and O–H groups in total. The van der Waals surface area contributed by atoms with Gasteiger partial charge in [0.25, 0.3) is 0 Å². The molecule has 0 aliphatic heterocycles. The van der Waals surface area contributed by atoms with Crippen LogP contribution in [0.25, 0.3) is 0 Å². The topological polar surface area (TPSA) is 0 Å². The van der Waals surface area contributed by atoms with Crippen LogP contribution in [0.5, 0.6) is 0 Å². The van der Waals surface area contributed by atoms with Crippen LogP contribution in [0.1, 0.15) is 105 Å². The third-order valence-corrected chi connectivity index (χ3v) is 10.0. The Morgan fingerprint density at radius 1 is 0.409 bits per heavy atom. The Morgan fingerprint density at radius 3 is 1.05 bits per heavy atom. The van der Waals surface area contributed by atoms with Crippen LogP contribution in [-0.2, 0) is 0 Å². The summed E-state index contributed by atoms with van der Waals surface area (Å²) in [6.45, 7) is 9.42. The van der Waals surface area contributed by atoms with Crippen molar-refractivity contribution in [2.75, 3.05) is 24.6 Å². The molecule has 0 saturated heterocycles. The second kappa shape index (κ2) is 18.5. The smallest absolute Gasteiger partial charge is 0.0594 e. The second-order valence-electron chi connectivity index (χ2n) is 7.06. The molecule has 0 rings (SSSR count). The number of halogens is 1. The first-order valence-electron chi connectivity index (χ1n) is 10.1. The summed E-state index contributed by atoms with van der Waals surface area (Å²) in [5, 5.41) is 0. The molecule has 0 amide bonds. The van der Waals surface area contributed by atoms with Gasteiger partial charge < -0.3 is 24.0 Å². The standard InChI is InChI=1S/C20H44P.HI/c1-5-9-13-15-19-21(17-11-7-3,18-12-8-4)20-16-14-10-6-2;/h5-20H2,1-4H3;1H/q+1;/p-1. The van der Waals surface area contributed by atoms with Gasteiger partial charge in [0.2, 0.25) is 0 Å². The Bertz CT molecular complexity index is 184. The molecule has 0 nitrogen and oxygen atoms in total. The van der Waals surface area contributed by atoms with E-state index in [1.54, 1.807) is 24.6 Å². The summed E-state index contributed by atoms with van der Waals surface area (Å²) in [6.07, 6.45) is 24.0. The van der Waals surface area contributed by atoms with E-state index in [2.05, 4.69) is 27.7 Å². The summed E-state index contributed by atoms with van der Waals surface area (Å²) in [5.74, 6) is 0. The van der Waals surface area contributed by atoms with Gasteiger partial charge in [0.1, 0.15) is 0 Å². The maximum Gasteiger partial charge on any atom is 0.0594 e. The third-order valence-electron chi connectivity index (χ3n) is 4.94. The van der Waals surface area contributed by atoms with E-state index in [0.29, 0.717) is 0 Å². The first-order valence-corrected chi connectivity index (χ1v) is 12.6. The van der Waals surface area contributed by atoms with Crippen LogP contribution in [0.3, 0.4) is 0 Å². The molecule has 0 aromatic heterocycles. The zero-order chi connectivity index (χ0) is 15.8. The van der Waals surface area contributed by atoms with Crippen LogP contribution in [0, 0.1) is 0 Å². The van der Waals surface area contributed by atoms with E-state index in [-0.39, 0.29) is 24.0 Å². The Kier molecular flexibility index (Phi) is 21.4. The lowest BCUT2D eigenvalue weighted by Gasteiger charge is -2.28. The summed E-state index contributed by atoms with van der Waals surface area (Å²) < 4.78 is 0. The van der Waals surface area contributed by atoms with E-state index < -0.39 is 7.26 Å². The van der Waals surface area contributed by atoms with Crippen LogP contribution in [0.2, 0.25) is 0 Å². The largest absolute Gasteiger partial charge is 1.00 e. The molecule has 0 aliphatic carbocycles. The van der Waals surface area contributed by atoms with Crippen LogP contribution in [-0.4, -0.2) is 24.6 Å². The summed E-state index contributed by atoms with van der Waals surface area (Å²) in [6, 6.07) is 0. The molecular weight excluding hydrogens is 398 g/mol. The van der Waals surface area contributed by atoms with Crippen molar-refractivity contribution in [2.24, 2.45) is 0 Å². The van der Waals surface area contributed by atoms with E-state index in [9.17, 15) is 0 Å². The van der Waals surface area contributed by atoms with Crippen molar-refractivity contribution in [1.29, 1.82) is 0 Å². The van der Waals surface area contributed by atoms with Crippen LogP contribution in [0.15, 0.2) is 0 Å². The first-order chi connectivity index (χ1) is 10.2. The van der Waals surface area contributed by atoms with Crippen molar-refractivity contribution < 1.29 is 24.0 Å². The average Bonchev–Trinajstić information content (AvgIpc) is 2.51. The highest BCUT2D eigenvalue weighted by Crippen LogP contribution is 2.61. The van der Waals surface area contributed by atoms with Crippen molar-refractivity contribution in [3.63, 3.8) is 0 Å². The minimum atomic E-state index is -0.610. The van der Waals surface area contributed by atoms with E-state index in [4.69, 9.17) is 0 Å². The van der Waals surface area contributed by atoms with Crippen LogP contribution in [0.4, 0.5) is 0 Å². The zero-order valence-corrected chi connectivity index (χ0v) is 19.2. The number of unbranched alkanes of at least 4 members (excludes halogenated alkanes) is 8. The Balaban J connectivity index is 0. The molecule has 0 fully saturated rings. The molecular formula is C20H44IP. The molecule has 0 aromatic carbocycles. The second-order valence-corrected chi connectivity index (χ2v) is 11.5. The van der Waals surface area contributed by atoms with Gasteiger partial charge in [0.05, 0.1) is 24.6 Å². The summed E-state index contributed by atoms with van der Waals surface area (Å²) in [5.41, 5.74) is 0. The van der Waals surface area contributed by atoms with Gasteiger partial charge in [-0.15, -0.1) is 0 Å². The minimum absolute atomic E-state index is 0. The predicted molar refractivity (Wildman–Crippen MR) is 104 cm³/mol. The molecule has 0 spiro atoms. The fourth-order valence-corrected chi connectivity index (χ4v) is 8.51. The van der Waals surface area contributed by atoms with Gasteiger partial charge in [-0.2, -0.15) is 0 Å². The molecule has 136 valence electrons. The Morgan fingerprint density at radius 2 is 0.727 bits per heavy atom. The maximum atomic E-state index is 2.38. The lowest BCUT2D eigenvalue weighted by molar-refractivity contribution is -0.00000491. The SMILES string of the molecule is CCCCCC[P+](CCCC)(CCCC)CCCCCC.[I-]. The highest BCUT2D eigenvalue weighted by Gasteiger charge is 2.34. The molecule has 0 saturated carbocycles. The number of rotatable bonds is 16. The molecule has 2 heteroatoms. The lowest BCUT2D eigenvalue weighted by atomic mass is 10.2. The number of hydrogen-bond donors (Lipinski definition) is 0. The number of hydrogen-bond acceptors (Lipinski definition) is 0. The monoisotopic (exact) mass is 442 g/mol. The van der Waals surface area contributed by atoms with Crippen molar-refractivity contribution >= 4 is 7.26 Å². The maximum absolute atomic E-state index is 2.38. The van der Waals surface area contributed by atoms with Gasteiger partial charge in [-0.1, -0.05) is 66.2 Å². The van der Waals surface area contributed by atoms with Gasteiger partial charge in [0.15, 0.2) is 0 Å². The Hall–Kier alpha value is 1.16. The van der Waals surface area contributed by atoms with E-state index in [0.717, 1.165) is 0 Å². The summed E-state index contributed by atoms with van der Waals surface area (Å²) in [7, 11) is -0.610. The first kappa shape index (κ1) is 25.4. The van der Waals surface area contributed by atoms with E-state index >= 15 is 0 Å². The fraction of sp³-hybridized carbons (Fsp3) is 1.00. The van der Waals surface area contributed by atoms with Crippen molar-refractivity contribution in [3.05, 3.63) is 0 Å². The third kappa shape index (κ3) is 13.6. The van der Waals surface area contributed by atoms with E-state index in [1.165, 1.54) is 77.0 Å². The Labute approximate surface area is 160 Å². The van der Waals surface area contributed by atoms with Gasteiger partial charge in [0, 0.05) is 7.26 Å². The summed E-state index contributed by atoms with van der Waals surface area (Å²) >= 11 is 0. The minimum Gasteiger partial charge on any atom is -1.00 e. The van der Waals surface area contributed by atoms with Crippen molar-refractivity contribution in [1.82, 2.24) is 0 Å². The highest BCUT2D eigenvalue weighted by atomic mass is 127. The van der Waals surface area contributed by atoms with Gasteiger partial charge >= 0.3 is 0 Å². The molecule has 0 aliphatic rings. The molecule has 22 heavy (non-hydrogen) atoms. The molecule has 0 aromatic rings. The van der Waals surface area contributed by atoms with Gasteiger partial charge in [-0.05, 0) is 38.5 Å². The summed E-state index contributed by atoms with van der Waals surface area (Å²) in [4.78, 5) is 0. The molecule has 0 unspecified atom stereocenters. The van der Waals surface area contributed by atoms with Crippen molar-refractivity contribution in [2.45, 2.75) is 105 Å². The van der Waals surface area contributed by atoms with Gasteiger partial charge in [-0.25, -0.2) is 0 Å². The zero-order valence-electron chi connectivity index (χ0n) is 16.1. The fourth-order valence-electron chi connectivity index (χ4n) is 3.41. The molecule has 0 heterocycles. The molecule has 0 atom stereocenters. The van der Waals surface area contributed by atoms with E-state index in [1.807, 2.05) is 0 Å². The lowest BCUT2D eigenvalue weighted by Crippen LogP contribution is -3.00. The normalized spacial score (nSPS) is 11.5. The molecule has 0 bridgehead atoms. The van der Waals surface area contributed by atoms with Crippen LogP contribution < -0.4 is 24.0 Å². The highest BCUT2D eigenvalue weighted by molar-refractivity contribution is 7.75. The predicted octanol–water partition coefficient (Wildman–Crippen LogP) is 4.77. The van der Waals surface area contributed by atoms with Gasteiger partial charge in [-0.3, -0.25) is 0 Å².